The largest absolute Gasteiger partial charge is 0.508 e. The summed E-state index contributed by atoms with van der Waals surface area (Å²) in [5.41, 5.74) is 4.72. The van der Waals surface area contributed by atoms with Gasteiger partial charge in [-0.3, -0.25) is 0 Å². The van der Waals surface area contributed by atoms with E-state index in [1.807, 2.05) is 12.1 Å². The van der Waals surface area contributed by atoms with E-state index in [1.54, 1.807) is 0 Å². The molecule has 0 amide bonds. The van der Waals surface area contributed by atoms with E-state index in [0.717, 1.165) is 17.5 Å². The van der Waals surface area contributed by atoms with Gasteiger partial charge in [0.1, 0.15) is 5.75 Å². The minimum Gasteiger partial charge on any atom is -0.508 e. The minimum absolute atomic E-state index is 0.360. The molecule has 2 rings (SSSR count). The predicted octanol–water partition coefficient (Wildman–Crippen LogP) is 4.41. The minimum atomic E-state index is 0.360. The quantitative estimate of drug-likeness (QED) is 0.842. The molecule has 0 aliphatic heterocycles. The summed E-state index contributed by atoms with van der Waals surface area (Å²) >= 11 is 0. The van der Waals surface area contributed by atoms with Crippen LogP contribution in [0.5, 0.6) is 5.75 Å². The molecular weight excluding hydrogens is 220 g/mol. The summed E-state index contributed by atoms with van der Waals surface area (Å²) in [5.74, 6) is 0.771. The van der Waals surface area contributed by atoms with Crippen LogP contribution in [-0.2, 0) is 6.42 Å². The number of phenolic OH excluding ortho intramolecular Hbond substituents is 1. The maximum atomic E-state index is 9.98. The summed E-state index contributed by atoms with van der Waals surface area (Å²) < 4.78 is 0. The van der Waals surface area contributed by atoms with E-state index in [9.17, 15) is 5.11 Å². The second-order valence-corrected chi connectivity index (χ2v) is 5.21. The van der Waals surface area contributed by atoms with Crippen LogP contribution in [0.3, 0.4) is 0 Å². The fraction of sp³-hybridized carbons (Fsp3) is 0.294. The molecule has 2 aromatic rings. The highest BCUT2D eigenvalue weighted by molar-refractivity contribution is 5.40. The highest BCUT2D eigenvalue weighted by Gasteiger charge is 2.06. The number of aromatic hydroxyl groups is 1. The van der Waals surface area contributed by atoms with Crippen LogP contribution in [0.1, 0.15) is 42.0 Å². The fourth-order valence-electron chi connectivity index (χ4n) is 2.13. The van der Waals surface area contributed by atoms with Gasteiger partial charge in [0.25, 0.3) is 0 Å². The lowest BCUT2D eigenvalue weighted by molar-refractivity contribution is 0.464. The Morgan fingerprint density at radius 1 is 0.944 bits per heavy atom. The molecule has 0 bridgehead atoms. The van der Waals surface area contributed by atoms with Gasteiger partial charge in [0.2, 0.25) is 0 Å². The first-order chi connectivity index (χ1) is 8.56. The first kappa shape index (κ1) is 12.7. The molecule has 0 spiro atoms. The topological polar surface area (TPSA) is 20.2 Å². The predicted molar refractivity (Wildman–Crippen MR) is 76.2 cm³/mol. The molecule has 0 saturated carbocycles. The Kier molecular flexibility index (Phi) is 3.71. The van der Waals surface area contributed by atoms with Gasteiger partial charge in [-0.1, -0.05) is 55.8 Å². The zero-order chi connectivity index (χ0) is 13.1. The van der Waals surface area contributed by atoms with Gasteiger partial charge in [-0.15, -0.1) is 0 Å². The Morgan fingerprint density at radius 3 is 2.11 bits per heavy atom. The van der Waals surface area contributed by atoms with Crippen LogP contribution in [0, 0.1) is 6.92 Å². The number of benzene rings is 2. The molecular formula is C17H20O. The summed E-state index contributed by atoms with van der Waals surface area (Å²) in [5, 5.41) is 9.98. The Hall–Kier alpha value is -1.76. The van der Waals surface area contributed by atoms with Gasteiger partial charge in [0.15, 0.2) is 0 Å². The number of rotatable bonds is 3. The van der Waals surface area contributed by atoms with Crippen LogP contribution in [0.15, 0.2) is 42.5 Å². The van der Waals surface area contributed by atoms with Crippen molar-refractivity contribution < 1.29 is 5.11 Å². The fourth-order valence-corrected chi connectivity index (χ4v) is 2.13. The van der Waals surface area contributed by atoms with Crippen LogP contribution < -0.4 is 0 Å². The van der Waals surface area contributed by atoms with Crippen molar-refractivity contribution in [2.45, 2.75) is 33.1 Å². The lowest BCUT2D eigenvalue weighted by Crippen LogP contribution is -1.92. The van der Waals surface area contributed by atoms with Crippen molar-refractivity contribution in [3.63, 3.8) is 0 Å². The molecule has 0 aliphatic carbocycles. The zero-order valence-corrected chi connectivity index (χ0v) is 11.3. The Bertz CT molecular complexity index is 524. The highest BCUT2D eigenvalue weighted by Crippen LogP contribution is 2.27. The zero-order valence-electron chi connectivity index (χ0n) is 11.3. The van der Waals surface area contributed by atoms with Gasteiger partial charge in [0, 0.05) is 0 Å². The highest BCUT2D eigenvalue weighted by atomic mass is 16.3. The molecule has 0 atom stereocenters. The molecule has 2 aromatic carbocycles. The van der Waals surface area contributed by atoms with E-state index < -0.39 is 0 Å². The number of hydrogen-bond donors (Lipinski definition) is 1. The standard InChI is InChI=1S/C17H20O/c1-12(2)16-9-8-15(11-17(16)18)10-14-6-4-13(3)5-7-14/h4-9,11-12,18H,10H2,1-3H3. The molecule has 1 N–H and O–H groups in total. The van der Waals surface area contributed by atoms with Crippen molar-refractivity contribution in [2.75, 3.05) is 0 Å². The Labute approximate surface area is 109 Å². The molecule has 0 fully saturated rings. The van der Waals surface area contributed by atoms with Crippen LogP contribution in [0.2, 0.25) is 0 Å². The van der Waals surface area contributed by atoms with Crippen LogP contribution in [-0.4, -0.2) is 5.11 Å². The molecule has 1 heteroatoms. The molecule has 18 heavy (non-hydrogen) atoms. The number of hydrogen-bond acceptors (Lipinski definition) is 1. The second kappa shape index (κ2) is 5.26. The molecule has 1 nitrogen and oxygen atoms in total. The lowest BCUT2D eigenvalue weighted by Gasteiger charge is -2.10. The van der Waals surface area contributed by atoms with Crippen molar-refractivity contribution in [2.24, 2.45) is 0 Å². The number of phenols is 1. The van der Waals surface area contributed by atoms with E-state index in [2.05, 4.69) is 51.1 Å². The molecule has 94 valence electrons. The van der Waals surface area contributed by atoms with E-state index in [4.69, 9.17) is 0 Å². The molecule has 0 aliphatic rings. The van der Waals surface area contributed by atoms with Gasteiger partial charge in [-0.05, 0) is 42.0 Å². The summed E-state index contributed by atoms with van der Waals surface area (Å²) in [4.78, 5) is 0. The van der Waals surface area contributed by atoms with Crippen LogP contribution in [0.4, 0.5) is 0 Å². The van der Waals surface area contributed by atoms with Crippen molar-refractivity contribution in [3.8, 4) is 5.75 Å². The first-order valence-electron chi connectivity index (χ1n) is 6.43. The summed E-state index contributed by atoms with van der Waals surface area (Å²) in [7, 11) is 0. The van der Waals surface area contributed by atoms with Crippen molar-refractivity contribution in [1.29, 1.82) is 0 Å². The lowest BCUT2D eigenvalue weighted by atomic mass is 9.97. The summed E-state index contributed by atoms with van der Waals surface area (Å²) in [6.45, 7) is 6.27. The average Bonchev–Trinajstić information content (AvgIpc) is 2.32. The SMILES string of the molecule is Cc1ccc(Cc2ccc(C(C)C)c(O)c2)cc1. The van der Waals surface area contributed by atoms with E-state index in [0.29, 0.717) is 11.7 Å². The van der Waals surface area contributed by atoms with E-state index in [1.165, 1.54) is 11.1 Å². The van der Waals surface area contributed by atoms with E-state index >= 15 is 0 Å². The third kappa shape index (κ3) is 2.92. The molecule has 0 radical (unpaired) electrons. The molecule has 0 saturated heterocycles. The third-order valence-electron chi connectivity index (χ3n) is 3.25. The van der Waals surface area contributed by atoms with Gasteiger partial charge < -0.3 is 5.11 Å². The molecule has 0 unspecified atom stereocenters. The van der Waals surface area contributed by atoms with Gasteiger partial charge in [0.05, 0.1) is 0 Å². The smallest absolute Gasteiger partial charge is 0.119 e. The Balaban J connectivity index is 2.20. The number of aryl methyl sites for hydroxylation is 1. The first-order valence-corrected chi connectivity index (χ1v) is 6.43. The van der Waals surface area contributed by atoms with E-state index in [-0.39, 0.29) is 0 Å². The van der Waals surface area contributed by atoms with Gasteiger partial charge in [-0.2, -0.15) is 0 Å². The summed E-state index contributed by atoms with van der Waals surface area (Å²) in [6, 6.07) is 14.6. The average molecular weight is 240 g/mol. The monoisotopic (exact) mass is 240 g/mol. The maximum absolute atomic E-state index is 9.98. The second-order valence-electron chi connectivity index (χ2n) is 5.21. The van der Waals surface area contributed by atoms with Gasteiger partial charge in [-0.25, -0.2) is 0 Å². The summed E-state index contributed by atoms with van der Waals surface area (Å²) in [6.07, 6.45) is 0.867. The van der Waals surface area contributed by atoms with Gasteiger partial charge >= 0.3 is 0 Å². The van der Waals surface area contributed by atoms with Crippen molar-refractivity contribution in [1.82, 2.24) is 0 Å². The maximum Gasteiger partial charge on any atom is 0.119 e. The van der Waals surface area contributed by atoms with Crippen LogP contribution >= 0.6 is 0 Å². The van der Waals surface area contributed by atoms with Crippen molar-refractivity contribution >= 4 is 0 Å². The Morgan fingerprint density at radius 2 is 1.56 bits per heavy atom. The van der Waals surface area contributed by atoms with Crippen LogP contribution in [0.25, 0.3) is 0 Å². The third-order valence-corrected chi connectivity index (χ3v) is 3.25. The molecule has 0 heterocycles. The van der Waals surface area contributed by atoms with Crippen molar-refractivity contribution in [3.05, 3.63) is 64.7 Å². The molecule has 0 aromatic heterocycles. The normalized spacial score (nSPS) is 10.9.